The zero-order valence-electron chi connectivity index (χ0n) is 15.7. The summed E-state index contributed by atoms with van der Waals surface area (Å²) in [6.07, 6.45) is 6.13. The van der Waals surface area contributed by atoms with E-state index in [-0.39, 0.29) is 0 Å². The minimum Gasteiger partial charge on any atom is -0.353 e. The van der Waals surface area contributed by atoms with Gasteiger partial charge in [0.05, 0.1) is 0 Å². The number of rotatable bonds is 3. The zero-order valence-corrected chi connectivity index (χ0v) is 15.7. The quantitative estimate of drug-likeness (QED) is 0.838. The van der Waals surface area contributed by atoms with Crippen molar-refractivity contribution in [2.75, 3.05) is 54.0 Å². The van der Waals surface area contributed by atoms with E-state index in [0.29, 0.717) is 5.92 Å². The van der Waals surface area contributed by atoms with Gasteiger partial charge in [-0.05, 0) is 31.7 Å². The summed E-state index contributed by atoms with van der Waals surface area (Å²) in [5, 5.41) is 0. The van der Waals surface area contributed by atoms with Crippen molar-refractivity contribution in [1.29, 1.82) is 0 Å². The van der Waals surface area contributed by atoms with Crippen molar-refractivity contribution in [3.63, 3.8) is 0 Å². The van der Waals surface area contributed by atoms with Crippen LogP contribution in [0, 0.1) is 12.8 Å². The summed E-state index contributed by atoms with van der Waals surface area (Å²) in [6.45, 7) is 10.2. The molecule has 1 unspecified atom stereocenters. The summed E-state index contributed by atoms with van der Waals surface area (Å²) in [5.41, 5.74) is 1.04. The average molecular weight is 353 g/mol. The number of hydrogen-bond acceptors (Lipinski definition) is 7. The predicted molar refractivity (Wildman–Crippen MR) is 104 cm³/mol. The minimum atomic E-state index is 0.714. The van der Waals surface area contributed by atoms with E-state index >= 15 is 0 Å². The molecule has 4 rings (SSSR count). The molecule has 0 aromatic carbocycles. The van der Waals surface area contributed by atoms with Crippen molar-refractivity contribution in [1.82, 2.24) is 19.9 Å². The maximum atomic E-state index is 4.90. The van der Waals surface area contributed by atoms with E-state index in [9.17, 15) is 0 Å². The van der Waals surface area contributed by atoms with Crippen molar-refractivity contribution in [2.24, 2.45) is 5.92 Å². The van der Waals surface area contributed by atoms with Crippen LogP contribution in [0.4, 0.5) is 17.7 Å². The molecule has 2 aromatic rings. The lowest BCUT2D eigenvalue weighted by Crippen LogP contribution is -2.47. The summed E-state index contributed by atoms with van der Waals surface area (Å²) >= 11 is 0. The van der Waals surface area contributed by atoms with Gasteiger partial charge in [0.15, 0.2) is 0 Å². The summed E-state index contributed by atoms with van der Waals surface area (Å²) in [6, 6.07) is 3.96. The molecule has 0 amide bonds. The van der Waals surface area contributed by atoms with Gasteiger partial charge >= 0.3 is 0 Å². The fourth-order valence-electron chi connectivity index (χ4n) is 3.80. The van der Waals surface area contributed by atoms with E-state index in [1.54, 1.807) is 12.4 Å². The number of nitrogens with zero attached hydrogens (tertiary/aromatic N) is 7. The molecule has 7 nitrogen and oxygen atoms in total. The topological polar surface area (TPSA) is 61.3 Å². The standard InChI is InChI=1S/C19H27N7/c1-15-5-3-8-26(14-15)19-22-16(2)13-17(23-19)24-9-11-25(12-10-24)18-20-6-4-7-21-18/h4,6-7,13,15H,3,5,8-12,14H2,1-2H3. The third-order valence-corrected chi connectivity index (χ3v) is 5.21. The molecular weight excluding hydrogens is 326 g/mol. The molecule has 2 aromatic heterocycles. The second-order valence-corrected chi connectivity index (χ2v) is 7.38. The third-order valence-electron chi connectivity index (χ3n) is 5.21. The minimum absolute atomic E-state index is 0.714. The van der Waals surface area contributed by atoms with E-state index < -0.39 is 0 Å². The van der Waals surface area contributed by atoms with Crippen LogP contribution in [0.3, 0.4) is 0 Å². The van der Waals surface area contributed by atoms with Crippen LogP contribution in [0.5, 0.6) is 0 Å². The second-order valence-electron chi connectivity index (χ2n) is 7.38. The fourth-order valence-corrected chi connectivity index (χ4v) is 3.80. The zero-order chi connectivity index (χ0) is 17.9. The highest BCUT2D eigenvalue weighted by molar-refractivity contribution is 5.48. The number of hydrogen-bond donors (Lipinski definition) is 0. The van der Waals surface area contributed by atoms with Gasteiger partial charge in [-0.1, -0.05) is 6.92 Å². The summed E-state index contributed by atoms with van der Waals surface area (Å²) in [5.74, 6) is 3.46. The van der Waals surface area contributed by atoms with E-state index in [0.717, 1.165) is 62.7 Å². The molecule has 0 radical (unpaired) electrons. The Kier molecular flexibility index (Phi) is 4.86. The van der Waals surface area contributed by atoms with Crippen LogP contribution in [-0.2, 0) is 0 Å². The number of aromatic nitrogens is 4. The van der Waals surface area contributed by atoms with Crippen LogP contribution in [0.15, 0.2) is 24.5 Å². The molecule has 0 aliphatic carbocycles. The molecule has 0 saturated carbocycles. The second kappa shape index (κ2) is 7.43. The molecule has 4 heterocycles. The number of anilines is 3. The highest BCUT2D eigenvalue weighted by atomic mass is 15.3. The maximum absolute atomic E-state index is 4.90. The average Bonchev–Trinajstić information content (AvgIpc) is 2.68. The van der Waals surface area contributed by atoms with Gasteiger partial charge in [-0.3, -0.25) is 0 Å². The third kappa shape index (κ3) is 3.71. The Bertz CT molecular complexity index is 728. The Hall–Kier alpha value is -2.44. The van der Waals surface area contributed by atoms with E-state index in [2.05, 4.69) is 44.6 Å². The van der Waals surface area contributed by atoms with Gasteiger partial charge in [-0.2, -0.15) is 4.98 Å². The Labute approximate surface area is 155 Å². The Morgan fingerprint density at radius 2 is 1.62 bits per heavy atom. The van der Waals surface area contributed by atoms with E-state index in [1.165, 1.54) is 12.8 Å². The number of piperazine rings is 1. The molecule has 2 aliphatic heterocycles. The van der Waals surface area contributed by atoms with Crippen LogP contribution in [0.25, 0.3) is 0 Å². The smallest absolute Gasteiger partial charge is 0.227 e. The van der Waals surface area contributed by atoms with Crippen LogP contribution in [0.1, 0.15) is 25.5 Å². The molecule has 0 spiro atoms. The lowest BCUT2D eigenvalue weighted by Gasteiger charge is -2.36. The summed E-state index contributed by atoms with van der Waals surface area (Å²) in [7, 11) is 0. The van der Waals surface area contributed by atoms with Gasteiger partial charge in [0.1, 0.15) is 5.82 Å². The molecule has 2 fully saturated rings. The van der Waals surface area contributed by atoms with Crippen molar-refractivity contribution in [3.05, 3.63) is 30.2 Å². The van der Waals surface area contributed by atoms with E-state index in [1.807, 2.05) is 6.07 Å². The highest BCUT2D eigenvalue weighted by Crippen LogP contribution is 2.24. The molecule has 0 bridgehead atoms. The summed E-state index contributed by atoms with van der Waals surface area (Å²) < 4.78 is 0. The first-order valence-electron chi connectivity index (χ1n) is 9.56. The molecule has 2 saturated heterocycles. The lowest BCUT2D eigenvalue weighted by molar-refractivity contribution is 0.441. The van der Waals surface area contributed by atoms with Gasteiger partial charge in [0.2, 0.25) is 11.9 Å². The van der Waals surface area contributed by atoms with Crippen molar-refractivity contribution < 1.29 is 0 Å². The van der Waals surface area contributed by atoms with Crippen molar-refractivity contribution in [3.8, 4) is 0 Å². The first-order chi connectivity index (χ1) is 12.7. The predicted octanol–water partition coefficient (Wildman–Crippen LogP) is 2.14. The SMILES string of the molecule is Cc1cc(N2CCN(c3ncccn3)CC2)nc(N2CCCC(C)C2)n1. The van der Waals surface area contributed by atoms with Gasteiger partial charge in [0, 0.05) is 63.4 Å². The largest absolute Gasteiger partial charge is 0.353 e. The Balaban J connectivity index is 1.46. The van der Waals surface area contributed by atoms with Crippen LogP contribution in [0.2, 0.25) is 0 Å². The van der Waals surface area contributed by atoms with E-state index in [4.69, 9.17) is 9.97 Å². The normalized spacial score (nSPS) is 21.2. The molecule has 26 heavy (non-hydrogen) atoms. The van der Waals surface area contributed by atoms with Gasteiger partial charge < -0.3 is 14.7 Å². The van der Waals surface area contributed by atoms with Crippen LogP contribution < -0.4 is 14.7 Å². The number of aryl methyl sites for hydroxylation is 1. The van der Waals surface area contributed by atoms with Crippen molar-refractivity contribution in [2.45, 2.75) is 26.7 Å². The first-order valence-corrected chi connectivity index (χ1v) is 9.56. The highest BCUT2D eigenvalue weighted by Gasteiger charge is 2.23. The molecule has 7 heteroatoms. The Morgan fingerprint density at radius 3 is 2.35 bits per heavy atom. The van der Waals surface area contributed by atoms with Gasteiger partial charge in [0.25, 0.3) is 0 Å². The molecule has 2 aliphatic rings. The summed E-state index contributed by atoms with van der Waals surface area (Å²) in [4.78, 5) is 25.3. The molecule has 0 N–H and O–H groups in total. The maximum Gasteiger partial charge on any atom is 0.227 e. The number of piperidine rings is 1. The lowest BCUT2D eigenvalue weighted by atomic mass is 10.0. The van der Waals surface area contributed by atoms with Crippen LogP contribution in [-0.4, -0.2) is 59.2 Å². The Morgan fingerprint density at radius 1 is 0.885 bits per heavy atom. The van der Waals surface area contributed by atoms with Gasteiger partial charge in [-0.15, -0.1) is 0 Å². The monoisotopic (exact) mass is 353 g/mol. The van der Waals surface area contributed by atoms with Crippen molar-refractivity contribution >= 4 is 17.7 Å². The van der Waals surface area contributed by atoms with Crippen LogP contribution >= 0.6 is 0 Å². The molecular formula is C19H27N7. The van der Waals surface area contributed by atoms with Gasteiger partial charge in [-0.25, -0.2) is 15.0 Å². The molecule has 1 atom stereocenters. The fraction of sp³-hybridized carbons (Fsp3) is 0.579. The molecule has 138 valence electrons. The first kappa shape index (κ1) is 17.0.